The van der Waals surface area contributed by atoms with E-state index in [0.29, 0.717) is 5.92 Å². The Balaban J connectivity index is 3.76. The predicted molar refractivity (Wildman–Crippen MR) is 47.8 cm³/mol. The van der Waals surface area contributed by atoms with Crippen LogP contribution in [0.3, 0.4) is 0 Å². The standard InChI is InChI=1S/C8H16ClNO/c1-5(2)7(4)10-8(11)6(3)9/h5-7H,1-4H3,(H,10,11). The molecule has 2 atom stereocenters. The molecule has 0 aliphatic rings. The second kappa shape index (κ2) is 4.60. The van der Waals surface area contributed by atoms with Crippen molar-refractivity contribution in [1.82, 2.24) is 5.32 Å². The maximum atomic E-state index is 11.0. The van der Waals surface area contributed by atoms with Crippen molar-refractivity contribution in [3.8, 4) is 0 Å². The first kappa shape index (κ1) is 10.8. The van der Waals surface area contributed by atoms with Crippen LogP contribution in [-0.4, -0.2) is 17.3 Å². The van der Waals surface area contributed by atoms with Crippen molar-refractivity contribution in [2.45, 2.75) is 39.1 Å². The van der Waals surface area contributed by atoms with Gasteiger partial charge in [-0.25, -0.2) is 0 Å². The van der Waals surface area contributed by atoms with Crippen LogP contribution in [0.1, 0.15) is 27.7 Å². The van der Waals surface area contributed by atoms with Crippen molar-refractivity contribution < 1.29 is 4.79 Å². The van der Waals surface area contributed by atoms with Crippen LogP contribution in [0.4, 0.5) is 0 Å². The van der Waals surface area contributed by atoms with Crippen molar-refractivity contribution in [3.05, 3.63) is 0 Å². The van der Waals surface area contributed by atoms with E-state index >= 15 is 0 Å². The monoisotopic (exact) mass is 177 g/mol. The van der Waals surface area contributed by atoms with Crippen molar-refractivity contribution in [3.63, 3.8) is 0 Å². The summed E-state index contributed by atoms with van der Waals surface area (Å²) < 4.78 is 0. The number of hydrogen-bond acceptors (Lipinski definition) is 1. The molecule has 0 saturated heterocycles. The number of amides is 1. The van der Waals surface area contributed by atoms with E-state index in [0.717, 1.165) is 0 Å². The van der Waals surface area contributed by atoms with Gasteiger partial charge in [-0.15, -0.1) is 11.6 Å². The zero-order valence-corrected chi connectivity index (χ0v) is 8.27. The number of rotatable bonds is 3. The highest BCUT2D eigenvalue weighted by atomic mass is 35.5. The minimum Gasteiger partial charge on any atom is -0.352 e. The molecule has 0 fully saturated rings. The van der Waals surface area contributed by atoms with Crippen LogP contribution in [0.25, 0.3) is 0 Å². The lowest BCUT2D eigenvalue weighted by Crippen LogP contribution is -2.39. The van der Waals surface area contributed by atoms with Gasteiger partial charge in [-0.1, -0.05) is 13.8 Å². The van der Waals surface area contributed by atoms with Crippen LogP contribution in [-0.2, 0) is 4.79 Å². The van der Waals surface area contributed by atoms with E-state index in [1.807, 2.05) is 6.92 Å². The van der Waals surface area contributed by atoms with Gasteiger partial charge in [-0.05, 0) is 19.8 Å². The molecule has 0 saturated carbocycles. The largest absolute Gasteiger partial charge is 0.352 e. The Morgan fingerprint density at radius 3 is 2.00 bits per heavy atom. The predicted octanol–water partition coefficient (Wildman–Crippen LogP) is 1.77. The summed E-state index contributed by atoms with van der Waals surface area (Å²) in [5, 5.41) is 2.37. The lowest BCUT2D eigenvalue weighted by Gasteiger charge is -2.17. The summed E-state index contributed by atoms with van der Waals surface area (Å²) in [6, 6.07) is 0.198. The number of nitrogens with one attached hydrogen (secondary N) is 1. The Kier molecular flexibility index (Phi) is 4.50. The van der Waals surface area contributed by atoms with E-state index in [2.05, 4.69) is 19.2 Å². The molecule has 0 aromatic heterocycles. The number of carbonyl (C=O) groups excluding carboxylic acids is 1. The molecule has 2 nitrogen and oxygen atoms in total. The van der Waals surface area contributed by atoms with Gasteiger partial charge in [0.25, 0.3) is 0 Å². The highest BCUT2D eigenvalue weighted by Gasteiger charge is 2.13. The van der Waals surface area contributed by atoms with Crippen LogP contribution in [0.5, 0.6) is 0 Å². The average molecular weight is 178 g/mol. The maximum Gasteiger partial charge on any atom is 0.237 e. The molecule has 1 amide bonds. The fourth-order valence-electron chi connectivity index (χ4n) is 0.506. The Morgan fingerprint density at radius 1 is 1.27 bits per heavy atom. The fraction of sp³-hybridized carbons (Fsp3) is 0.875. The van der Waals surface area contributed by atoms with Crippen LogP contribution in [0, 0.1) is 5.92 Å². The van der Waals surface area contributed by atoms with Gasteiger partial charge in [-0.2, -0.15) is 0 Å². The second-order valence-corrected chi connectivity index (χ2v) is 3.81. The summed E-state index contributed by atoms with van der Waals surface area (Å²) in [7, 11) is 0. The van der Waals surface area contributed by atoms with Gasteiger partial charge < -0.3 is 5.32 Å². The van der Waals surface area contributed by atoms with Crippen molar-refractivity contribution in [2.75, 3.05) is 0 Å². The Morgan fingerprint density at radius 2 is 1.73 bits per heavy atom. The van der Waals surface area contributed by atoms with E-state index in [4.69, 9.17) is 11.6 Å². The molecule has 0 rings (SSSR count). The summed E-state index contributed by atoms with van der Waals surface area (Å²) >= 11 is 5.56. The molecular weight excluding hydrogens is 162 g/mol. The number of alkyl halides is 1. The van der Waals surface area contributed by atoms with E-state index in [-0.39, 0.29) is 11.9 Å². The summed E-state index contributed by atoms with van der Waals surface area (Å²) in [4.78, 5) is 11.0. The van der Waals surface area contributed by atoms with Gasteiger partial charge >= 0.3 is 0 Å². The van der Waals surface area contributed by atoms with Crippen LogP contribution >= 0.6 is 11.6 Å². The topological polar surface area (TPSA) is 29.1 Å². The van der Waals surface area contributed by atoms with E-state index < -0.39 is 5.38 Å². The van der Waals surface area contributed by atoms with Crippen molar-refractivity contribution in [1.29, 1.82) is 0 Å². The molecule has 0 aliphatic carbocycles. The number of carbonyl (C=O) groups is 1. The summed E-state index contributed by atoms with van der Waals surface area (Å²) in [6.07, 6.45) is 0. The molecule has 0 heterocycles. The smallest absolute Gasteiger partial charge is 0.237 e. The molecule has 0 aromatic rings. The first-order valence-corrected chi connectivity index (χ1v) is 4.33. The van der Waals surface area contributed by atoms with Gasteiger partial charge in [0.2, 0.25) is 5.91 Å². The lowest BCUT2D eigenvalue weighted by atomic mass is 10.1. The first-order valence-electron chi connectivity index (χ1n) is 3.89. The molecular formula is C8H16ClNO. The number of halogens is 1. The third-order valence-electron chi connectivity index (χ3n) is 1.73. The SMILES string of the molecule is CC(Cl)C(=O)NC(C)C(C)C. The first-order chi connectivity index (χ1) is 4.95. The molecule has 0 bridgehead atoms. The van der Waals surface area contributed by atoms with Gasteiger partial charge in [0.1, 0.15) is 5.38 Å². The summed E-state index contributed by atoms with van der Waals surface area (Å²) in [6.45, 7) is 7.76. The maximum absolute atomic E-state index is 11.0. The Hall–Kier alpha value is -0.240. The number of hydrogen-bond donors (Lipinski definition) is 1. The highest BCUT2D eigenvalue weighted by Crippen LogP contribution is 2.01. The quantitative estimate of drug-likeness (QED) is 0.655. The van der Waals surface area contributed by atoms with E-state index in [1.165, 1.54) is 0 Å². The van der Waals surface area contributed by atoms with Crippen molar-refractivity contribution in [2.24, 2.45) is 5.92 Å². The molecule has 0 radical (unpaired) electrons. The van der Waals surface area contributed by atoms with Gasteiger partial charge in [0.15, 0.2) is 0 Å². The molecule has 1 N–H and O–H groups in total. The molecule has 11 heavy (non-hydrogen) atoms. The third kappa shape index (κ3) is 4.25. The fourth-order valence-corrected chi connectivity index (χ4v) is 0.569. The molecule has 3 heteroatoms. The zero-order valence-electron chi connectivity index (χ0n) is 7.52. The Labute approximate surface area is 73.3 Å². The van der Waals surface area contributed by atoms with E-state index in [9.17, 15) is 4.79 Å². The van der Waals surface area contributed by atoms with Gasteiger partial charge in [0, 0.05) is 6.04 Å². The van der Waals surface area contributed by atoms with Crippen LogP contribution < -0.4 is 5.32 Å². The summed E-state index contributed by atoms with van der Waals surface area (Å²) in [5.41, 5.74) is 0. The molecule has 0 aliphatic heterocycles. The molecule has 0 aromatic carbocycles. The third-order valence-corrected chi connectivity index (χ3v) is 1.93. The summed E-state index contributed by atoms with van der Waals surface area (Å²) in [5.74, 6) is 0.363. The second-order valence-electron chi connectivity index (χ2n) is 3.16. The molecule has 0 spiro atoms. The molecule has 66 valence electrons. The average Bonchev–Trinajstić information content (AvgIpc) is 1.87. The van der Waals surface area contributed by atoms with Crippen LogP contribution in [0.15, 0.2) is 0 Å². The molecule has 2 unspecified atom stereocenters. The van der Waals surface area contributed by atoms with Crippen LogP contribution in [0.2, 0.25) is 0 Å². The highest BCUT2D eigenvalue weighted by molar-refractivity contribution is 6.30. The van der Waals surface area contributed by atoms with Gasteiger partial charge in [-0.3, -0.25) is 4.79 Å². The minimum absolute atomic E-state index is 0.0899. The van der Waals surface area contributed by atoms with Crippen molar-refractivity contribution >= 4 is 17.5 Å². The van der Waals surface area contributed by atoms with E-state index in [1.54, 1.807) is 6.92 Å². The van der Waals surface area contributed by atoms with Gasteiger partial charge in [0.05, 0.1) is 0 Å². The zero-order chi connectivity index (χ0) is 9.02. The Bertz CT molecular complexity index is 134. The minimum atomic E-state index is -0.434. The normalized spacial score (nSPS) is 16.2. The lowest BCUT2D eigenvalue weighted by molar-refractivity contribution is -0.121.